The summed E-state index contributed by atoms with van der Waals surface area (Å²) >= 11 is 5.89. The molecule has 4 nitrogen and oxygen atoms in total. The lowest BCUT2D eigenvalue weighted by Gasteiger charge is -2.34. The number of rotatable bonds is 2. The van der Waals surface area contributed by atoms with Gasteiger partial charge in [0.2, 0.25) is 5.28 Å². The number of piperidine rings is 1. The van der Waals surface area contributed by atoms with Crippen molar-refractivity contribution in [3.63, 3.8) is 0 Å². The van der Waals surface area contributed by atoms with Crippen molar-refractivity contribution in [1.82, 2.24) is 14.5 Å². The van der Waals surface area contributed by atoms with Gasteiger partial charge in [-0.25, -0.2) is 9.97 Å². The van der Waals surface area contributed by atoms with E-state index in [1.165, 1.54) is 0 Å². The molecule has 0 aromatic carbocycles. The van der Waals surface area contributed by atoms with Gasteiger partial charge in [-0.2, -0.15) is 13.2 Å². The fourth-order valence-electron chi connectivity index (χ4n) is 3.12. The van der Waals surface area contributed by atoms with E-state index in [-0.39, 0.29) is 24.3 Å². The maximum absolute atomic E-state index is 13.1. The Morgan fingerprint density at radius 2 is 2.09 bits per heavy atom. The quantitative estimate of drug-likeness (QED) is 0.754. The van der Waals surface area contributed by atoms with Gasteiger partial charge in [0, 0.05) is 25.3 Å². The second-order valence-corrected chi connectivity index (χ2v) is 6.55. The number of fused-ring (bicyclic) bond motifs is 1. The van der Waals surface area contributed by atoms with E-state index in [1.54, 1.807) is 11.1 Å². The van der Waals surface area contributed by atoms with E-state index >= 15 is 0 Å². The molecular weight excluding hydrogens is 329 g/mol. The third-order valence-corrected chi connectivity index (χ3v) is 4.49. The highest BCUT2D eigenvalue weighted by Gasteiger charge is 2.42. The van der Waals surface area contributed by atoms with Crippen molar-refractivity contribution in [2.75, 3.05) is 18.0 Å². The number of anilines is 1. The molecule has 2 aromatic heterocycles. The molecule has 1 unspecified atom stereocenters. The Labute approximate surface area is 137 Å². The van der Waals surface area contributed by atoms with E-state index in [0.29, 0.717) is 24.2 Å². The minimum Gasteiger partial charge on any atom is -0.368 e. The van der Waals surface area contributed by atoms with Crippen molar-refractivity contribution in [3.8, 4) is 0 Å². The summed E-state index contributed by atoms with van der Waals surface area (Å²) in [4.78, 5) is 10.0. The number of hydrogen-bond acceptors (Lipinski definition) is 3. The first-order valence-corrected chi connectivity index (χ1v) is 8.00. The number of aromatic nitrogens is 3. The third kappa shape index (κ3) is 3.11. The highest BCUT2D eigenvalue weighted by Crippen LogP contribution is 2.37. The van der Waals surface area contributed by atoms with Crippen LogP contribution in [0.15, 0.2) is 12.4 Å². The minimum absolute atomic E-state index is 0.0394. The lowest BCUT2D eigenvalue weighted by Crippen LogP contribution is -2.41. The smallest absolute Gasteiger partial charge is 0.368 e. The zero-order valence-corrected chi connectivity index (χ0v) is 13.7. The molecule has 8 heteroatoms. The molecule has 0 amide bonds. The van der Waals surface area contributed by atoms with Crippen molar-refractivity contribution in [1.29, 1.82) is 0 Å². The standard InChI is InChI=1S/C15H18ClF3N4/c1-9(2)23-8-12(13-11(23)6-20-14(16)21-13)22-5-3-4-10(7-22)15(17,18)19/h6,8-10H,3-5,7H2,1-2H3. The van der Waals surface area contributed by atoms with Crippen molar-refractivity contribution < 1.29 is 13.2 Å². The molecule has 1 saturated heterocycles. The summed E-state index contributed by atoms with van der Waals surface area (Å²) in [6.07, 6.45) is 0.00999. The number of hydrogen-bond donors (Lipinski definition) is 0. The van der Waals surface area contributed by atoms with E-state index in [0.717, 1.165) is 5.52 Å². The van der Waals surface area contributed by atoms with Crippen LogP contribution in [0.2, 0.25) is 5.28 Å². The van der Waals surface area contributed by atoms with E-state index in [1.807, 2.05) is 24.6 Å². The van der Waals surface area contributed by atoms with Crippen molar-refractivity contribution >= 4 is 28.3 Å². The predicted molar refractivity (Wildman–Crippen MR) is 83.9 cm³/mol. The molecule has 0 saturated carbocycles. The first kappa shape index (κ1) is 16.4. The molecule has 3 rings (SSSR count). The monoisotopic (exact) mass is 346 g/mol. The summed E-state index contributed by atoms with van der Waals surface area (Å²) < 4.78 is 41.2. The molecule has 0 bridgehead atoms. The van der Waals surface area contributed by atoms with E-state index in [4.69, 9.17) is 11.6 Å². The van der Waals surface area contributed by atoms with Crippen LogP contribution in [0.25, 0.3) is 11.0 Å². The van der Waals surface area contributed by atoms with Crippen LogP contribution in [0.5, 0.6) is 0 Å². The summed E-state index contributed by atoms with van der Waals surface area (Å²) in [6.45, 7) is 4.56. The van der Waals surface area contributed by atoms with Gasteiger partial charge in [-0.05, 0) is 38.3 Å². The van der Waals surface area contributed by atoms with E-state index < -0.39 is 12.1 Å². The Balaban J connectivity index is 2.03. The lowest BCUT2D eigenvalue weighted by atomic mass is 9.97. The first-order chi connectivity index (χ1) is 10.8. The number of alkyl halides is 3. The Morgan fingerprint density at radius 3 is 2.74 bits per heavy atom. The molecule has 1 aliphatic heterocycles. The van der Waals surface area contributed by atoms with Crippen LogP contribution in [0, 0.1) is 5.92 Å². The highest BCUT2D eigenvalue weighted by atomic mass is 35.5. The molecule has 23 heavy (non-hydrogen) atoms. The van der Waals surface area contributed by atoms with Gasteiger partial charge in [0.1, 0.15) is 5.52 Å². The molecule has 1 aliphatic rings. The van der Waals surface area contributed by atoms with Crippen molar-refractivity contribution in [2.24, 2.45) is 5.92 Å². The molecule has 3 heterocycles. The van der Waals surface area contributed by atoms with Gasteiger partial charge >= 0.3 is 6.18 Å². The van der Waals surface area contributed by atoms with Crippen LogP contribution in [0.1, 0.15) is 32.7 Å². The molecular formula is C15H18ClF3N4. The molecule has 1 atom stereocenters. The van der Waals surface area contributed by atoms with Crippen LogP contribution in [0.3, 0.4) is 0 Å². The number of halogens is 4. The number of nitrogens with zero attached hydrogens (tertiary/aromatic N) is 4. The summed E-state index contributed by atoms with van der Waals surface area (Å²) in [5.74, 6) is -1.30. The fraction of sp³-hybridized carbons (Fsp3) is 0.600. The van der Waals surface area contributed by atoms with Crippen LogP contribution >= 0.6 is 11.6 Å². The van der Waals surface area contributed by atoms with Crippen LogP contribution in [-0.4, -0.2) is 33.8 Å². The Bertz CT molecular complexity index is 711. The summed E-state index contributed by atoms with van der Waals surface area (Å²) in [6, 6.07) is 0.152. The van der Waals surface area contributed by atoms with E-state index in [2.05, 4.69) is 9.97 Å². The van der Waals surface area contributed by atoms with Gasteiger partial charge in [-0.15, -0.1) is 0 Å². The van der Waals surface area contributed by atoms with Gasteiger partial charge in [0.05, 0.1) is 23.3 Å². The van der Waals surface area contributed by atoms with Gasteiger partial charge in [-0.3, -0.25) is 0 Å². The zero-order chi connectivity index (χ0) is 16.8. The maximum Gasteiger partial charge on any atom is 0.393 e. The average molecular weight is 347 g/mol. The third-order valence-electron chi connectivity index (χ3n) is 4.30. The second kappa shape index (κ2) is 5.85. The highest BCUT2D eigenvalue weighted by molar-refractivity contribution is 6.28. The zero-order valence-electron chi connectivity index (χ0n) is 12.9. The maximum atomic E-state index is 13.1. The van der Waals surface area contributed by atoms with Crippen LogP contribution < -0.4 is 4.90 Å². The molecule has 2 aromatic rings. The average Bonchev–Trinajstić information content (AvgIpc) is 2.85. The first-order valence-electron chi connectivity index (χ1n) is 7.62. The second-order valence-electron chi connectivity index (χ2n) is 6.22. The van der Waals surface area contributed by atoms with Crippen LogP contribution in [0.4, 0.5) is 18.9 Å². The Kier molecular flexibility index (Phi) is 4.16. The van der Waals surface area contributed by atoms with Gasteiger partial charge < -0.3 is 9.47 Å². The van der Waals surface area contributed by atoms with Crippen molar-refractivity contribution in [2.45, 2.75) is 38.9 Å². The molecule has 0 N–H and O–H groups in total. The summed E-state index contributed by atoms with van der Waals surface area (Å²) in [7, 11) is 0. The largest absolute Gasteiger partial charge is 0.393 e. The molecule has 0 spiro atoms. The lowest BCUT2D eigenvalue weighted by molar-refractivity contribution is -0.175. The topological polar surface area (TPSA) is 34.0 Å². The molecule has 1 fully saturated rings. The molecule has 0 aliphatic carbocycles. The normalized spacial score (nSPS) is 19.8. The van der Waals surface area contributed by atoms with E-state index in [9.17, 15) is 13.2 Å². The molecule has 0 radical (unpaired) electrons. The SMILES string of the molecule is CC(C)n1cc(N2CCCC(C(F)(F)F)C2)c2nc(Cl)ncc21. The van der Waals surface area contributed by atoms with Crippen molar-refractivity contribution in [3.05, 3.63) is 17.7 Å². The van der Waals surface area contributed by atoms with Gasteiger partial charge in [0.15, 0.2) is 0 Å². The van der Waals surface area contributed by atoms with Gasteiger partial charge in [0.25, 0.3) is 0 Å². The fourth-order valence-corrected chi connectivity index (χ4v) is 3.25. The van der Waals surface area contributed by atoms with Crippen LogP contribution in [-0.2, 0) is 0 Å². The minimum atomic E-state index is -4.16. The molecule has 126 valence electrons. The summed E-state index contributed by atoms with van der Waals surface area (Å²) in [5, 5.41) is 0.102. The summed E-state index contributed by atoms with van der Waals surface area (Å²) in [5.41, 5.74) is 2.10. The Morgan fingerprint density at radius 1 is 1.35 bits per heavy atom. The Hall–Kier alpha value is -1.50. The predicted octanol–water partition coefficient (Wildman–Crippen LogP) is 4.44. The van der Waals surface area contributed by atoms with Gasteiger partial charge in [-0.1, -0.05) is 0 Å².